The molecule has 1 aliphatic rings. The Morgan fingerprint density at radius 1 is 1.25 bits per heavy atom. The largest absolute Gasteiger partial charge is 0.359 e. The van der Waals surface area contributed by atoms with Crippen molar-refractivity contribution in [2.24, 2.45) is 11.8 Å². The number of nitrogens with zero attached hydrogens (tertiary/aromatic N) is 1. The minimum atomic E-state index is -3.39. The van der Waals surface area contributed by atoms with E-state index in [1.807, 2.05) is 13.8 Å². The van der Waals surface area contributed by atoms with Crippen LogP contribution < -0.4 is 10.0 Å². The van der Waals surface area contributed by atoms with E-state index in [-0.39, 0.29) is 17.9 Å². The molecule has 0 radical (unpaired) electrons. The van der Waals surface area contributed by atoms with Gasteiger partial charge in [-0.25, -0.2) is 4.72 Å². The lowest BCUT2D eigenvalue weighted by Gasteiger charge is -2.28. The first-order valence-corrected chi connectivity index (χ1v) is 8.66. The summed E-state index contributed by atoms with van der Waals surface area (Å²) < 4.78 is 28.0. The maximum Gasteiger partial charge on any atom is 0.279 e. The summed E-state index contributed by atoms with van der Waals surface area (Å²) in [6.45, 7) is 4.14. The Morgan fingerprint density at radius 2 is 1.80 bits per heavy atom. The highest BCUT2D eigenvalue weighted by Crippen LogP contribution is 2.28. The van der Waals surface area contributed by atoms with Gasteiger partial charge in [-0.1, -0.05) is 0 Å². The first-order chi connectivity index (χ1) is 9.27. The average Bonchev–Trinajstić information content (AvgIpc) is 2.44. The molecule has 0 atom stereocenters. The van der Waals surface area contributed by atoms with Crippen LogP contribution in [0.1, 0.15) is 39.5 Å². The highest BCUT2D eigenvalue weighted by Gasteiger charge is 2.27. The zero-order valence-corrected chi connectivity index (χ0v) is 13.7. The van der Waals surface area contributed by atoms with Crippen molar-refractivity contribution in [1.29, 1.82) is 0 Å². The minimum Gasteiger partial charge on any atom is -0.359 e. The third-order valence-electron chi connectivity index (χ3n) is 4.12. The number of hydrogen-bond acceptors (Lipinski definition) is 3. The van der Waals surface area contributed by atoms with Crippen molar-refractivity contribution in [3.63, 3.8) is 0 Å². The molecule has 6 nitrogen and oxygen atoms in total. The molecule has 0 saturated heterocycles. The number of amides is 1. The van der Waals surface area contributed by atoms with Gasteiger partial charge in [0.25, 0.3) is 10.2 Å². The monoisotopic (exact) mass is 305 g/mol. The van der Waals surface area contributed by atoms with Crippen LogP contribution in [0.3, 0.4) is 0 Å². The van der Waals surface area contributed by atoms with Gasteiger partial charge in [0, 0.05) is 32.6 Å². The molecule has 7 heteroatoms. The Labute approximate surface area is 122 Å². The summed E-state index contributed by atoms with van der Waals surface area (Å²) >= 11 is 0. The zero-order valence-electron chi connectivity index (χ0n) is 12.8. The third-order valence-corrected chi connectivity index (χ3v) is 5.84. The molecule has 1 aliphatic carbocycles. The summed E-state index contributed by atoms with van der Waals surface area (Å²) in [5, 5.41) is 2.68. The van der Waals surface area contributed by atoms with Gasteiger partial charge in [-0.05, 0) is 45.4 Å². The molecule has 0 spiro atoms. The molecular formula is C13H27N3O3S. The van der Waals surface area contributed by atoms with Gasteiger partial charge in [0.2, 0.25) is 5.91 Å². The van der Waals surface area contributed by atoms with Crippen LogP contribution in [0.15, 0.2) is 0 Å². The van der Waals surface area contributed by atoms with Crippen molar-refractivity contribution in [1.82, 2.24) is 14.3 Å². The summed E-state index contributed by atoms with van der Waals surface area (Å²) in [6.07, 6.45) is 3.47. The molecule has 0 aromatic rings. The van der Waals surface area contributed by atoms with Crippen LogP contribution in [0.25, 0.3) is 0 Å². The number of hydrogen-bond donors (Lipinski definition) is 2. The predicted molar refractivity (Wildman–Crippen MR) is 79.3 cm³/mol. The molecule has 2 N–H and O–H groups in total. The number of carbonyl (C=O) groups excluding carboxylic acids is 1. The van der Waals surface area contributed by atoms with Crippen molar-refractivity contribution in [2.75, 3.05) is 20.6 Å². The molecule has 0 unspecified atom stereocenters. The summed E-state index contributed by atoms with van der Waals surface area (Å²) in [4.78, 5) is 11.5. The SMILES string of the molecule is CNC(=O)C1CCC(CNS(=O)(=O)N(C)C(C)C)CC1. The molecule has 1 saturated carbocycles. The Balaban J connectivity index is 2.40. The van der Waals surface area contributed by atoms with E-state index in [4.69, 9.17) is 0 Å². The molecule has 0 aromatic carbocycles. The fourth-order valence-electron chi connectivity index (χ4n) is 2.44. The van der Waals surface area contributed by atoms with E-state index in [1.165, 1.54) is 4.31 Å². The van der Waals surface area contributed by atoms with Crippen molar-refractivity contribution >= 4 is 16.1 Å². The smallest absolute Gasteiger partial charge is 0.279 e. The van der Waals surface area contributed by atoms with Crippen molar-refractivity contribution in [3.8, 4) is 0 Å². The maximum absolute atomic E-state index is 12.0. The Bertz CT molecular complexity index is 415. The lowest BCUT2D eigenvalue weighted by Crippen LogP contribution is -2.44. The zero-order chi connectivity index (χ0) is 15.3. The molecule has 0 aromatic heterocycles. The number of nitrogens with one attached hydrogen (secondary N) is 2. The molecule has 0 aliphatic heterocycles. The highest BCUT2D eigenvalue weighted by molar-refractivity contribution is 7.87. The Kier molecular flexibility index (Phi) is 6.42. The summed E-state index contributed by atoms with van der Waals surface area (Å²) in [5.74, 6) is 0.515. The van der Waals surface area contributed by atoms with Crippen molar-refractivity contribution in [2.45, 2.75) is 45.6 Å². The summed E-state index contributed by atoms with van der Waals surface area (Å²) in [7, 11) is -0.153. The lowest BCUT2D eigenvalue weighted by atomic mass is 9.82. The molecule has 1 amide bonds. The van der Waals surface area contributed by atoms with Crippen LogP contribution >= 0.6 is 0 Å². The second-order valence-electron chi connectivity index (χ2n) is 5.80. The van der Waals surface area contributed by atoms with Crippen molar-refractivity contribution in [3.05, 3.63) is 0 Å². The van der Waals surface area contributed by atoms with E-state index >= 15 is 0 Å². The van der Waals surface area contributed by atoms with E-state index < -0.39 is 10.2 Å². The van der Waals surface area contributed by atoms with Gasteiger partial charge in [0.15, 0.2) is 0 Å². The van der Waals surface area contributed by atoms with Gasteiger partial charge >= 0.3 is 0 Å². The third kappa shape index (κ3) is 4.71. The van der Waals surface area contributed by atoms with Crippen LogP contribution in [0, 0.1) is 11.8 Å². The second-order valence-corrected chi connectivity index (χ2v) is 7.61. The lowest BCUT2D eigenvalue weighted by molar-refractivity contribution is -0.125. The predicted octanol–water partition coefficient (Wildman–Crippen LogP) is 0.713. The Morgan fingerprint density at radius 3 is 2.25 bits per heavy atom. The van der Waals surface area contributed by atoms with Gasteiger partial charge in [-0.15, -0.1) is 0 Å². The van der Waals surface area contributed by atoms with Crippen LogP contribution in [0.2, 0.25) is 0 Å². The highest BCUT2D eigenvalue weighted by atomic mass is 32.2. The van der Waals surface area contributed by atoms with E-state index in [0.29, 0.717) is 12.5 Å². The maximum atomic E-state index is 12.0. The van der Waals surface area contributed by atoms with E-state index in [9.17, 15) is 13.2 Å². The van der Waals surface area contributed by atoms with E-state index in [2.05, 4.69) is 10.0 Å². The first kappa shape index (κ1) is 17.4. The standard InChI is InChI=1S/C13H27N3O3S/c1-10(2)16(4)20(18,19)15-9-11-5-7-12(8-6-11)13(17)14-3/h10-12,15H,5-9H2,1-4H3,(H,14,17). The minimum absolute atomic E-state index is 0.0588. The summed E-state index contributed by atoms with van der Waals surface area (Å²) in [5.41, 5.74) is 0. The molecule has 0 heterocycles. The van der Waals surface area contributed by atoms with Crippen molar-refractivity contribution < 1.29 is 13.2 Å². The number of rotatable bonds is 6. The van der Waals surface area contributed by atoms with Gasteiger partial charge in [-0.2, -0.15) is 12.7 Å². The molecule has 20 heavy (non-hydrogen) atoms. The van der Waals surface area contributed by atoms with Gasteiger partial charge in [0.1, 0.15) is 0 Å². The quantitative estimate of drug-likeness (QED) is 0.759. The van der Waals surface area contributed by atoms with Crippen LogP contribution in [0.4, 0.5) is 0 Å². The molecular weight excluding hydrogens is 278 g/mol. The average molecular weight is 305 g/mol. The molecule has 1 fully saturated rings. The van der Waals surface area contributed by atoms with E-state index in [0.717, 1.165) is 25.7 Å². The summed E-state index contributed by atoms with van der Waals surface area (Å²) in [6, 6.07) is -0.0588. The topological polar surface area (TPSA) is 78.5 Å². The fourth-order valence-corrected chi connectivity index (χ4v) is 3.64. The fraction of sp³-hybridized carbons (Fsp3) is 0.923. The van der Waals surface area contributed by atoms with Gasteiger partial charge < -0.3 is 5.32 Å². The van der Waals surface area contributed by atoms with E-state index in [1.54, 1.807) is 14.1 Å². The van der Waals surface area contributed by atoms with Gasteiger partial charge in [-0.3, -0.25) is 4.79 Å². The van der Waals surface area contributed by atoms with Crippen LogP contribution in [0.5, 0.6) is 0 Å². The van der Waals surface area contributed by atoms with Crippen LogP contribution in [-0.2, 0) is 15.0 Å². The molecule has 118 valence electrons. The first-order valence-electron chi connectivity index (χ1n) is 7.22. The Hall–Kier alpha value is -0.660. The normalized spacial score (nSPS) is 24.1. The van der Waals surface area contributed by atoms with Crippen LogP contribution in [-0.4, -0.2) is 45.3 Å². The molecule has 0 bridgehead atoms. The number of carbonyl (C=O) groups is 1. The second kappa shape index (κ2) is 7.38. The molecule has 1 rings (SSSR count). The van der Waals surface area contributed by atoms with Gasteiger partial charge in [0.05, 0.1) is 0 Å².